The zero-order chi connectivity index (χ0) is 22.5. The maximum absolute atomic E-state index is 14.2. The third kappa shape index (κ3) is 5.32. The Hall–Kier alpha value is -2.82. The average molecular weight is 445 g/mol. The molecule has 2 aliphatic rings. The molecule has 2 saturated heterocycles. The Labute approximate surface area is 186 Å². The Morgan fingerprint density at radius 3 is 2.69 bits per heavy atom. The number of halogens is 1. The smallest absolute Gasteiger partial charge is 0.416 e. The summed E-state index contributed by atoms with van der Waals surface area (Å²) in [6, 6.07) is 9.02. The quantitative estimate of drug-likeness (QED) is 0.598. The highest BCUT2D eigenvalue weighted by Gasteiger charge is 2.39. The lowest BCUT2D eigenvalue weighted by molar-refractivity contribution is 0.0881. The van der Waals surface area contributed by atoms with Crippen molar-refractivity contribution in [3.05, 3.63) is 47.4 Å². The van der Waals surface area contributed by atoms with Crippen LogP contribution in [0.25, 0.3) is 0 Å². The highest BCUT2D eigenvalue weighted by molar-refractivity contribution is 5.89. The van der Waals surface area contributed by atoms with Crippen molar-refractivity contribution < 1.29 is 18.7 Å². The van der Waals surface area contributed by atoms with Crippen LogP contribution >= 0.6 is 0 Å². The minimum absolute atomic E-state index is 0.105. The van der Waals surface area contributed by atoms with E-state index in [4.69, 9.17) is 9.47 Å². The molecule has 1 amide bonds. The standard InChI is InChI=1S/C22H29FN6O3/c1-15(31-2)18-14-32-22(30)29(18)20-11-19(23)26-21(27-20)25-12-16-3-5-17(6-4-16)13-28-9-7-24-8-10-28/h3-6,11,15,18,24H,7-10,12-14H2,1-2H3,(H,25,26,27). The van der Waals surface area contributed by atoms with Crippen LogP contribution in [0.4, 0.5) is 21.0 Å². The van der Waals surface area contributed by atoms with Gasteiger partial charge in [-0.15, -0.1) is 0 Å². The first-order valence-corrected chi connectivity index (χ1v) is 10.8. The van der Waals surface area contributed by atoms with E-state index in [0.717, 1.165) is 44.4 Å². The van der Waals surface area contributed by atoms with Crippen molar-refractivity contribution in [1.82, 2.24) is 20.2 Å². The molecule has 0 aliphatic carbocycles. The number of nitrogens with one attached hydrogen (secondary N) is 2. The molecule has 32 heavy (non-hydrogen) atoms. The van der Waals surface area contributed by atoms with E-state index in [2.05, 4.69) is 37.6 Å². The van der Waals surface area contributed by atoms with Crippen LogP contribution in [-0.4, -0.2) is 73.0 Å². The largest absolute Gasteiger partial charge is 0.447 e. The Kier molecular flexibility index (Phi) is 7.13. The SMILES string of the molecule is COC(C)C1COC(=O)N1c1cc(F)nc(NCc2ccc(CN3CCNCC3)cc2)n1. The van der Waals surface area contributed by atoms with Gasteiger partial charge in [0.2, 0.25) is 11.9 Å². The summed E-state index contributed by atoms with van der Waals surface area (Å²) in [5, 5.41) is 6.41. The van der Waals surface area contributed by atoms with Crippen LogP contribution in [0.2, 0.25) is 0 Å². The highest BCUT2D eigenvalue weighted by atomic mass is 19.1. The summed E-state index contributed by atoms with van der Waals surface area (Å²) in [5.41, 5.74) is 2.28. The van der Waals surface area contributed by atoms with E-state index in [1.807, 2.05) is 19.1 Å². The predicted octanol–water partition coefficient (Wildman–Crippen LogP) is 1.99. The molecule has 4 rings (SSSR count). The van der Waals surface area contributed by atoms with Gasteiger partial charge in [0.15, 0.2) is 0 Å². The van der Waals surface area contributed by atoms with Crippen molar-refractivity contribution in [2.45, 2.75) is 32.2 Å². The number of hydrogen-bond donors (Lipinski definition) is 2. The number of ether oxygens (including phenoxy) is 2. The molecule has 0 spiro atoms. The molecule has 2 aromatic rings. The number of anilines is 2. The summed E-state index contributed by atoms with van der Waals surface area (Å²) in [7, 11) is 1.55. The van der Waals surface area contributed by atoms with Gasteiger partial charge in [0, 0.05) is 52.4 Å². The number of aromatic nitrogens is 2. The van der Waals surface area contributed by atoms with Gasteiger partial charge in [-0.1, -0.05) is 24.3 Å². The number of methoxy groups -OCH3 is 1. The van der Waals surface area contributed by atoms with Gasteiger partial charge in [-0.05, 0) is 18.1 Å². The molecule has 2 fully saturated rings. The lowest BCUT2D eigenvalue weighted by atomic mass is 10.1. The third-order valence-corrected chi connectivity index (χ3v) is 5.84. The number of piperazine rings is 1. The second kappa shape index (κ2) is 10.2. The van der Waals surface area contributed by atoms with Gasteiger partial charge in [-0.3, -0.25) is 9.80 Å². The fourth-order valence-electron chi connectivity index (χ4n) is 3.88. The summed E-state index contributed by atoms with van der Waals surface area (Å²) in [6.45, 7) is 7.49. The van der Waals surface area contributed by atoms with Crippen LogP contribution in [0.5, 0.6) is 0 Å². The molecule has 9 nitrogen and oxygen atoms in total. The molecule has 1 aromatic carbocycles. The number of cyclic esters (lactones) is 1. The van der Waals surface area contributed by atoms with E-state index in [-0.39, 0.29) is 24.5 Å². The van der Waals surface area contributed by atoms with E-state index in [1.54, 1.807) is 7.11 Å². The van der Waals surface area contributed by atoms with Crippen LogP contribution < -0.4 is 15.5 Å². The second-order valence-electron chi connectivity index (χ2n) is 8.02. The second-order valence-corrected chi connectivity index (χ2v) is 8.02. The molecule has 1 aromatic heterocycles. The number of nitrogens with zero attached hydrogens (tertiary/aromatic N) is 4. The molecular weight excluding hydrogens is 415 g/mol. The molecule has 0 radical (unpaired) electrons. The zero-order valence-electron chi connectivity index (χ0n) is 18.4. The maximum atomic E-state index is 14.2. The van der Waals surface area contributed by atoms with E-state index in [9.17, 15) is 9.18 Å². The van der Waals surface area contributed by atoms with Crippen molar-refractivity contribution in [3.63, 3.8) is 0 Å². The average Bonchev–Trinajstić information content (AvgIpc) is 3.20. The Morgan fingerprint density at radius 2 is 1.97 bits per heavy atom. The molecule has 172 valence electrons. The molecule has 2 atom stereocenters. The fourth-order valence-corrected chi connectivity index (χ4v) is 3.88. The number of hydrogen-bond acceptors (Lipinski definition) is 8. The monoisotopic (exact) mass is 444 g/mol. The van der Waals surface area contributed by atoms with Crippen LogP contribution in [0.15, 0.2) is 30.3 Å². The van der Waals surface area contributed by atoms with E-state index >= 15 is 0 Å². The fraction of sp³-hybridized carbons (Fsp3) is 0.500. The summed E-state index contributed by atoms with van der Waals surface area (Å²) < 4.78 is 24.7. The van der Waals surface area contributed by atoms with Gasteiger partial charge < -0.3 is 20.1 Å². The number of benzene rings is 1. The molecule has 0 bridgehead atoms. The first-order chi connectivity index (χ1) is 15.5. The lowest BCUT2D eigenvalue weighted by Gasteiger charge is -2.27. The van der Waals surface area contributed by atoms with Gasteiger partial charge in [-0.25, -0.2) is 4.79 Å². The van der Waals surface area contributed by atoms with E-state index in [1.165, 1.54) is 10.5 Å². The molecule has 2 N–H and O–H groups in total. The Balaban J connectivity index is 1.40. The first-order valence-electron chi connectivity index (χ1n) is 10.8. The maximum Gasteiger partial charge on any atom is 0.416 e. The van der Waals surface area contributed by atoms with Gasteiger partial charge in [0.1, 0.15) is 18.5 Å². The third-order valence-electron chi connectivity index (χ3n) is 5.84. The minimum atomic E-state index is -0.729. The Bertz CT molecular complexity index is 922. The van der Waals surface area contributed by atoms with Gasteiger partial charge in [-0.2, -0.15) is 14.4 Å². The normalized spacial score (nSPS) is 20.3. The summed E-state index contributed by atoms with van der Waals surface area (Å²) in [5.74, 6) is -0.483. The van der Waals surface area contributed by atoms with Gasteiger partial charge >= 0.3 is 6.09 Å². The number of amides is 1. The topological polar surface area (TPSA) is 91.9 Å². The molecule has 2 aliphatic heterocycles. The summed E-state index contributed by atoms with van der Waals surface area (Å²) in [6.07, 6.45) is -0.876. The molecule has 2 unspecified atom stereocenters. The number of carbonyl (C=O) groups is 1. The van der Waals surface area contributed by atoms with Crippen molar-refractivity contribution in [3.8, 4) is 0 Å². The highest BCUT2D eigenvalue weighted by Crippen LogP contribution is 2.25. The van der Waals surface area contributed by atoms with Crippen molar-refractivity contribution in [2.75, 3.05) is 50.1 Å². The van der Waals surface area contributed by atoms with Gasteiger partial charge in [0.25, 0.3) is 0 Å². The number of carbonyl (C=O) groups excluding carboxylic acids is 1. The molecule has 10 heteroatoms. The summed E-state index contributed by atoms with van der Waals surface area (Å²) >= 11 is 0. The summed E-state index contributed by atoms with van der Waals surface area (Å²) in [4.78, 5) is 24.1. The molecular formula is C22H29FN6O3. The van der Waals surface area contributed by atoms with Crippen LogP contribution in [-0.2, 0) is 22.6 Å². The Morgan fingerprint density at radius 1 is 1.25 bits per heavy atom. The van der Waals surface area contributed by atoms with E-state index in [0.29, 0.717) is 6.54 Å². The minimum Gasteiger partial charge on any atom is -0.447 e. The lowest BCUT2D eigenvalue weighted by Crippen LogP contribution is -2.42. The van der Waals surface area contributed by atoms with Crippen molar-refractivity contribution in [2.24, 2.45) is 0 Å². The van der Waals surface area contributed by atoms with Crippen LogP contribution in [0.1, 0.15) is 18.1 Å². The first kappa shape index (κ1) is 22.4. The van der Waals surface area contributed by atoms with E-state index < -0.39 is 18.1 Å². The number of rotatable bonds is 8. The molecule has 0 saturated carbocycles. The van der Waals surface area contributed by atoms with Crippen LogP contribution in [0, 0.1) is 5.95 Å². The van der Waals surface area contributed by atoms with Crippen LogP contribution in [0.3, 0.4) is 0 Å². The zero-order valence-corrected chi connectivity index (χ0v) is 18.4. The molecule has 3 heterocycles. The predicted molar refractivity (Wildman–Crippen MR) is 118 cm³/mol. The van der Waals surface area contributed by atoms with Gasteiger partial charge in [0.05, 0.1) is 6.10 Å². The van der Waals surface area contributed by atoms with Crippen molar-refractivity contribution in [1.29, 1.82) is 0 Å². The van der Waals surface area contributed by atoms with Crippen molar-refractivity contribution >= 4 is 17.9 Å².